The lowest BCUT2D eigenvalue weighted by molar-refractivity contribution is -0.131. The zero-order chi connectivity index (χ0) is 16.9. The van der Waals surface area contributed by atoms with E-state index in [2.05, 4.69) is 10.6 Å². The number of rotatable bonds is 5. The van der Waals surface area contributed by atoms with Gasteiger partial charge in [0.05, 0.1) is 12.6 Å². The highest BCUT2D eigenvalue weighted by molar-refractivity contribution is 6.36. The van der Waals surface area contributed by atoms with Crippen molar-refractivity contribution < 1.29 is 14.7 Å². The Bertz CT molecular complexity index is 536. The van der Waals surface area contributed by atoms with E-state index in [9.17, 15) is 14.7 Å². The van der Waals surface area contributed by atoms with Gasteiger partial charge < -0.3 is 15.7 Å². The summed E-state index contributed by atoms with van der Waals surface area (Å²) in [5, 5.41) is 15.8. The molecule has 22 heavy (non-hydrogen) atoms. The molecule has 0 fully saturated rings. The number of aliphatic hydroxyl groups is 1. The van der Waals surface area contributed by atoms with Gasteiger partial charge >= 0.3 is 0 Å². The van der Waals surface area contributed by atoms with Gasteiger partial charge in [-0.2, -0.15) is 0 Å². The predicted octanol–water partition coefficient (Wildman–Crippen LogP) is 2.31. The number of carbonyl (C=O) groups is 2. The van der Waals surface area contributed by atoms with Crippen LogP contribution in [0.3, 0.4) is 0 Å². The van der Waals surface area contributed by atoms with Crippen LogP contribution in [-0.2, 0) is 9.59 Å². The highest BCUT2D eigenvalue weighted by Gasteiger charge is 2.21. The van der Waals surface area contributed by atoms with E-state index in [-0.39, 0.29) is 19.0 Å². The predicted molar refractivity (Wildman–Crippen MR) is 86.9 cm³/mol. The van der Waals surface area contributed by atoms with E-state index in [0.29, 0.717) is 15.6 Å². The summed E-state index contributed by atoms with van der Waals surface area (Å²) < 4.78 is 0. The molecule has 0 aliphatic heterocycles. The first kappa shape index (κ1) is 18.7. The van der Waals surface area contributed by atoms with Gasteiger partial charge in [0.15, 0.2) is 0 Å². The fraction of sp³-hybridized carbons (Fsp3) is 0.467. The Balaban J connectivity index is 2.49. The normalized spacial score (nSPS) is 12.6. The van der Waals surface area contributed by atoms with Crippen LogP contribution < -0.4 is 10.6 Å². The fourth-order valence-corrected chi connectivity index (χ4v) is 2.28. The molecule has 1 unspecified atom stereocenters. The van der Waals surface area contributed by atoms with Crippen LogP contribution in [0.1, 0.15) is 32.4 Å². The third-order valence-corrected chi connectivity index (χ3v) is 3.58. The number of halogens is 2. The van der Waals surface area contributed by atoms with Gasteiger partial charge in [0.25, 0.3) is 0 Å². The van der Waals surface area contributed by atoms with Gasteiger partial charge in [-0.1, -0.05) is 50.0 Å². The molecule has 1 aromatic carbocycles. The van der Waals surface area contributed by atoms with Gasteiger partial charge in [-0.25, -0.2) is 0 Å². The third-order valence-electron chi connectivity index (χ3n) is 2.92. The molecule has 5 nitrogen and oxygen atoms in total. The number of carbonyl (C=O) groups excluding carboxylic acids is 2. The molecule has 0 saturated heterocycles. The van der Waals surface area contributed by atoms with Crippen LogP contribution >= 0.6 is 23.2 Å². The minimum Gasteiger partial charge on any atom is -0.386 e. The molecule has 0 heterocycles. The van der Waals surface area contributed by atoms with E-state index in [4.69, 9.17) is 23.2 Å². The Morgan fingerprint density at radius 3 is 2.23 bits per heavy atom. The maximum absolute atomic E-state index is 11.7. The van der Waals surface area contributed by atoms with Gasteiger partial charge in [-0.15, -0.1) is 0 Å². The molecule has 0 aromatic heterocycles. The van der Waals surface area contributed by atoms with Gasteiger partial charge in [-0.05, 0) is 12.1 Å². The summed E-state index contributed by atoms with van der Waals surface area (Å²) in [6.45, 7) is 5.06. The summed E-state index contributed by atoms with van der Waals surface area (Å²) in [4.78, 5) is 23.3. The molecular weight excluding hydrogens is 327 g/mol. The lowest BCUT2D eigenvalue weighted by Gasteiger charge is -2.18. The number of amides is 2. The number of aliphatic hydroxyl groups excluding tert-OH is 1. The Kier molecular flexibility index (Phi) is 6.66. The molecule has 3 N–H and O–H groups in total. The zero-order valence-electron chi connectivity index (χ0n) is 12.7. The van der Waals surface area contributed by atoms with Crippen molar-refractivity contribution in [1.29, 1.82) is 0 Å². The minimum atomic E-state index is -1.02. The van der Waals surface area contributed by atoms with Gasteiger partial charge in [0.1, 0.15) is 0 Å². The molecule has 2 amide bonds. The van der Waals surface area contributed by atoms with E-state index in [1.54, 1.807) is 39.0 Å². The lowest BCUT2D eigenvalue weighted by atomic mass is 9.96. The molecule has 0 radical (unpaired) electrons. The van der Waals surface area contributed by atoms with Crippen molar-refractivity contribution in [2.45, 2.75) is 26.9 Å². The molecular formula is C15H20Cl2N2O3. The van der Waals surface area contributed by atoms with Crippen LogP contribution in [0.5, 0.6) is 0 Å². The summed E-state index contributed by atoms with van der Waals surface area (Å²) in [5.41, 5.74) is -0.199. The van der Waals surface area contributed by atoms with E-state index in [1.807, 2.05) is 0 Å². The first-order valence-electron chi connectivity index (χ1n) is 6.80. The first-order chi connectivity index (χ1) is 10.1. The van der Waals surface area contributed by atoms with Crippen LogP contribution in [0.15, 0.2) is 18.2 Å². The van der Waals surface area contributed by atoms with E-state index in [0.717, 1.165) is 0 Å². The summed E-state index contributed by atoms with van der Waals surface area (Å²) in [6, 6.07) is 4.89. The number of nitrogens with one attached hydrogen (secondary N) is 2. The number of benzene rings is 1. The van der Waals surface area contributed by atoms with Crippen molar-refractivity contribution in [3.63, 3.8) is 0 Å². The average Bonchev–Trinajstić information content (AvgIpc) is 2.41. The van der Waals surface area contributed by atoms with Crippen molar-refractivity contribution in [1.82, 2.24) is 10.6 Å². The van der Waals surface area contributed by atoms with E-state index >= 15 is 0 Å². The molecule has 0 aliphatic rings. The Morgan fingerprint density at radius 1 is 1.18 bits per heavy atom. The van der Waals surface area contributed by atoms with E-state index in [1.165, 1.54) is 0 Å². The second kappa shape index (κ2) is 7.81. The fourth-order valence-electron chi connectivity index (χ4n) is 1.63. The smallest absolute Gasteiger partial charge is 0.239 e. The van der Waals surface area contributed by atoms with Crippen LogP contribution in [0.4, 0.5) is 0 Å². The highest BCUT2D eigenvalue weighted by Crippen LogP contribution is 2.29. The minimum absolute atomic E-state index is 0.0479. The number of hydrogen-bond donors (Lipinski definition) is 3. The molecule has 0 bridgehead atoms. The van der Waals surface area contributed by atoms with Crippen molar-refractivity contribution in [3.8, 4) is 0 Å². The van der Waals surface area contributed by atoms with Crippen LogP contribution in [0, 0.1) is 5.41 Å². The average molecular weight is 347 g/mol. The standard InChI is InChI=1S/C15H20Cl2N2O3/c1-15(2,3)14(22)19-8-12(21)18-7-11(20)13-9(16)5-4-6-10(13)17/h4-6,11,20H,7-8H2,1-3H3,(H,18,21)(H,19,22). The molecule has 1 rings (SSSR count). The second-order valence-corrected chi connectivity index (χ2v) is 6.70. The third kappa shape index (κ3) is 5.48. The van der Waals surface area contributed by atoms with Gasteiger partial charge in [0, 0.05) is 27.6 Å². The van der Waals surface area contributed by atoms with E-state index < -0.39 is 17.4 Å². The Hall–Kier alpha value is -1.30. The van der Waals surface area contributed by atoms with Crippen LogP contribution in [0.25, 0.3) is 0 Å². The highest BCUT2D eigenvalue weighted by atomic mass is 35.5. The molecule has 1 atom stereocenters. The molecule has 7 heteroatoms. The van der Waals surface area contributed by atoms with Gasteiger partial charge in [-0.3, -0.25) is 9.59 Å². The Morgan fingerprint density at radius 2 is 1.73 bits per heavy atom. The molecule has 122 valence electrons. The lowest BCUT2D eigenvalue weighted by Crippen LogP contribution is -2.42. The zero-order valence-corrected chi connectivity index (χ0v) is 14.3. The number of hydrogen-bond acceptors (Lipinski definition) is 3. The quantitative estimate of drug-likeness (QED) is 0.765. The second-order valence-electron chi connectivity index (χ2n) is 5.89. The maximum atomic E-state index is 11.7. The molecule has 0 aliphatic carbocycles. The van der Waals surface area contributed by atoms with Crippen LogP contribution in [-0.4, -0.2) is 30.0 Å². The van der Waals surface area contributed by atoms with Crippen molar-refractivity contribution in [2.75, 3.05) is 13.1 Å². The van der Waals surface area contributed by atoms with Crippen molar-refractivity contribution in [3.05, 3.63) is 33.8 Å². The Labute approximate surface area is 140 Å². The molecule has 1 aromatic rings. The summed E-state index contributed by atoms with van der Waals surface area (Å²) in [5.74, 6) is -0.628. The largest absolute Gasteiger partial charge is 0.386 e. The molecule has 0 spiro atoms. The van der Waals surface area contributed by atoms with Crippen LogP contribution in [0.2, 0.25) is 10.0 Å². The van der Waals surface area contributed by atoms with Gasteiger partial charge in [0.2, 0.25) is 11.8 Å². The van der Waals surface area contributed by atoms with Crippen molar-refractivity contribution >= 4 is 35.0 Å². The monoisotopic (exact) mass is 346 g/mol. The maximum Gasteiger partial charge on any atom is 0.239 e. The topological polar surface area (TPSA) is 78.4 Å². The first-order valence-corrected chi connectivity index (χ1v) is 7.55. The molecule has 0 saturated carbocycles. The summed E-state index contributed by atoms with van der Waals surface area (Å²) in [6.07, 6.45) is -1.02. The van der Waals surface area contributed by atoms with Crippen molar-refractivity contribution in [2.24, 2.45) is 5.41 Å². The summed E-state index contributed by atoms with van der Waals surface area (Å²) >= 11 is 12.0. The SMILES string of the molecule is CC(C)(C)C(=O)NCC(=O)NCC(O)c1c(Cl)cccc1Cl. The summed E-state index contributed by atoms with van der Waals surface area (Å²) in [7, 11) is 0.